The number of aryl methyl sites for hydroxylation is 1. The van der Waals surface area contributed by atoms with Crippen LogP contribution in [0.25, 0.3) is 44.5 Å². The SMILES string of the molecule is C[Si](C)(C)c1cccc2c1oc1c(-c3ccccn3)[c-]ccc12.[2H]C([2H])([2H])c1ccc(-c2[c-]cccc2)nc1.[Ir]. The molecule has 0 bridgehead atoms. The van der Waals surface area contributed by atoms with Crippen LogP contribution in [0.4, 0.5) is 0 Å². The van der Waals surface area contributed by atoms with E-state index in [2.05, 4.69) is 66.0 Å². The Morgan fingerprint density at radius 3 is 2.27 bits per heavy atom. The zero-order valence-corrected chi connectivity index (χ0v) is 24.3. The molecule has 0 atom stereocenters. The van der Waals surface area contributed by atoms with Gasteiger partial charge in [-0.3, -0.25) is 0 Å². The topological polar surface area (TPSA) is 38.9 Å². The van der Waals surface area contributed by atoms with Crippen molar-refractivity contribution in [2.45, 2.75) is 26.5 Å². The van der Waals surface area contributed by atoms with Gasteiger partial charge in [0.05, 0.1) is 13.7 Å². The Kier molecular flexibility index (Phi) is 6.99. The molecule has 6 aromatic rings. The van der Waals surface area contributed by atoms with Gasteiger partial charge in [0.25, 0.3) is 0 Å². The molecule has 0 aliphatic heterocycles. The van der Waals surface area contributed by atoms with E-state index in [9.17, 15) is 0 Å². The summed E-state index contributed by atoms with van der Waals surface area (Å²) in [6.07, 6.45) is 3.20. The van der Waals surface area contributed by atoms with Gasteiger partial charge in [0.1, 0.15) is 5.58 Å². The third-order valence-corrected chi connectivity index (χ3v) is 7.95. The standard InChI is InChI=1S/C20H18NOSi.C12H10N.Ir/c1-23(2,3)18-12-7-9-15-14-8-6-10-16(19(14)22-20(15)18)17-11-4-5-13-21-17;1-10-7-8-12(13-9-10)11-5-3-2-4-6-11;/h4-9,11-13H,1-3H3;2-5,7-9H,1H3;/q2*-1;/i;1D3;. The molecule has 0 spiro atoms. The van der Waals surface area contributed by atoms with Crippen molar-refractivity contribution in [3.05, 3.63) is 115 Å². The van der Waals surface area contributed by atoms with Gasteiger partial charge in [-0.15, -0.1) is 54.1 Å². The number of aromatic nitrogens is 2. The van der Waals surface area contributed by atoms with Gasteiger partial charge in [0.15, 0.2) is 0 Å². The van der Waals surface area contributed by atoms with Crippen LogP contribution in [-0.2, 0) is 20.1 Å². The average molecular weight is 680 g/mol. The van der Waals surface area contributed by atoms with Crippen LogP contribution in [0.15, 0.2) is 102 Å². The molecule has 3 aromatic carbocycles. The molecular formula is C32H28IrN2OSi-2. The predicted octanol–water partition coefficient (Wildman–Crippen LogP) is 7.85. The van der Waals surface area contributed by atoms with Gasteiger partial charge >= 0.3 is 0 Å². The summed E-state index contributed by atoms with van der Waals surface area (Å²) in [5.41, 5.74) is 5.58. The molecule has 0 aliphatic carbocycles. The minimum Gasteiger partial charge on any atom is -0.501 e. The van der Waals surface area contributed by atoms with Gasteiger partial charge in [-0.2, -0.15) is 0 Å². The second-order valence-corrected chi connectivity index (χ2v) is 14.6. The van der Waals surface area contributed by atoms with E-state index in [1.807, 2.05) is 42.5 Å². The van der Waals surface area contributed by atoms with Crippen LogP contribution in [0, 0.1) is 19.0 Å². The Labute approximate surface area is 237 Å². The number of furan rings is 1. The largest absolute Gasteiger partial charge is 0.501 e. The fraction of sp³-hybridized carbons (Fsp3) is 0.125. The minimum atomic E-state index is -2.09. The zero-order chi connectivity index (χ0) is 27.6. The Morgan fingerprint density at radius 2 is 1.59 bits per heavy atom. The second-order valence-electron chi connectivity index (χ2n) is 9.55. The molecule has 3 heterocycles. The first-order chi connectivity index (χ1) is 18.6. The molecule has 3 nitrogen and oxygen atoms in total. The first-order valence-corrected chi connectivity index (χ1v) is 15.3. The monoisotopic (exact) mass is 680 g/mol. The number of benzene rings is 3. The van der Waals surface area contributed by atoms with Crippen LogP contribution >= 0.6 is 0 Å². The number of nitrogens with zero attached hydrogens (tertiary/aromatic N) is 2. The number of rotatable bonds is 3. The first-order valence-electron chi connectivity index (χ1n) is 13.3. The molecule has 6 rings (SSSR count). The van der Waals surface area contributed by atoms with Crippen molar-refractivity contribution in [2.24, 2.45) is 0 Å². The summed E-state index contributed by atoms with van der Waals surface area (Å²) < 4.78 is 28.1. The Hall–Kier alpha value is -3.37. The fourth-order valence-corrected chi connectivity index (χ4v) is 5.62. The van der Waals surface area contributed by atoms with E-state index >= 15 is 0 Å². The molecule has 5 heteroatoms. The van der Waals surface area contributed by atoms with Crippen LogP contribution in [0.3, 0.4) is 0 Å². The van der Waals surface area contributed by atoms with Gasteiger partial charge in [-0.1, -0.05) is 73.1 Å². The second kappa shape index (κ2) is 11.3. The summed E-state index contributed by atoms with van der Waals surface area (Å²) in [5.74, 6) is 0. The summed E-state index contributed by atoms with van der Waals surface area (Å²) in [4.78, 5) is 8.58. The molecule has 0 N–H and O–H groups in total. The van der Waals surface area contributed by atoms with Crippen LogP contribution in [0.5, 0.6) is 0 Å². The molecule has 0 saturated heterocycles. The van der Waals surface area contributed by atoms with E-state index in [-0.39, 0.29) is 25.7 Å². The molecular weight excluding hydrogens is 649 g/mol. The van der Waals surface area contributed by atoms with Crippen LogP contribution < -0.4 is 5.19 Å². The zero-order valence-electron chi connectivity index (χ0n) is 23.9. The van der Waals surface area contributed by atoms with Gasteiger partial charge < -0.3 is 14.4 Å². The summed E-state index contributed by atoms with van der Waals surface area (Å²) in [5, 5.41) is 3.68. The maximum Gasteiger partial charge on any atom is 0.120 e. The Balaban J connectivity index is 0.000000192. The number of pyridine rings is 2. The van der Waals surface area contributed by atoms with E-state index < -0.39 is 14.9 Å². The van der Waals surface area contributed by atoms with Crippen molar-refractivity contribution in [2.75, 3.05) is 0 Å². The molecule has 0 saturated carbocycles. The number of para-hydroxylation sites is 1. The van der Waals surface area contributed by atoms with Gasteiger partial charge in [-0.05, 0) is 35.1 Å². The van der Waals surface area contributed by atoms with Crippen molar-refractivity contribution in [1.29, 1.82) is 0 Å². The van der Waals surface area contributed by atoms with E-state index in [0.717, 1.165) is 39.1 Å². The molecule has 37 heavy (non-hydrogen) atoms. The van der Waals surface area contributed by atoms with E-state index in [4.69, 9.17) is 8.53 Å². The normalized spacial score (nSPS) is 12.6. The molecule has 3 aromatic heterocycles. The summed E-state index contributed by atoms with van der Waals surface area (Å²) >= 11 is 0. The van der Waals surface area contributed by atoms with Crippen molar-refractivity contribution >= 4 is 35.2 Å². The Bertz CT molecular complexity index is 1710. The van der Waals surface area contributed by atoms with E-state index in [0.29, 0.717) is 0 Å². The Morgan fingerprint density at radius 1 is 0.757 bits per heavy atom. The molecule has 0 amide bonds. The average Bonchev–Trinajstić information content (AvgIpc) is 3.32. The van der Waals surface area contributed by atoms with Gasteiger partial charge in [0, 0.05) is 42.0 Å². The maximum atomic E-state index is 7.23. The fourth-order valence-electron chi connectivity index (χ4n) is 4.16. The van der Waals surface area contributed by atoms with Crippen molar-refractivity contribution < 1.29 is 28.6 Å². The third-order valence-electron chi connectivity index (χ3n) is 5.94. The van der Waals surface area contributed by atoms with Gasteiger partial charge in [-0.25, -0.2) is 0 Å². The molecule has 0 aliphatic rings. The van der Waals surface area contributed by atoms with Crippen LogP contribution in [0.1, 0.15) is 9.68 Å². The van der Waals surface area contributed by atoms with Crippen LogP contribution in [-0.4, -0.2) is 18.0 Å². The minimum absolute atomic E-state index is 0. The van der Waals surface area contributed by atoms with Crippen molar-refractivity contribution in [3.63, 3.8) is 0 Å². The molecule has 0 unspecified atom stereocenters. The maximum absolute atomic E-state index is 7.23. The molecule has 187 valence electrons. The van der Waals surface area contributed by atoms with Gasteiger partial charge in [0.2, 0.25) is 0 Å². The number of fused-ring (bicyclic) bond motifs is 3. The quantitative estimate of drug-likeness (QED) is 0.141. The van der Waals surface area contributed by atoms with Crippen molar-refractivity contribution in [1.82, 2.24) is 9.97 Å². The summed E-state index contributed by atoms with van der Waals surface area (Å²) in [7, 11) is -1.48. The predicted molar refractivity (Wildman–Crippen MR) is 152 cm³/mol. The summed E-state index contributed by atoms with van der Waals surface area (Å²) in [6.45, 7) is 4.95. The first kappa shape index (κ1) is 22.8. The number of hydrogen-bond acceptors (Lipinski definition) is 3. The summed E-state index contributed by atoms with van der Waals surface area (Å²) in [6, 6.07) is 33.5. The third kappa shape index (κ3) is 5.80. The number of hydrogen-bond donors (Lipinski definition) is 0. The molecule has 0 fully saturated rings. The van der Waals surface area contributed by atoms with Crippen LogP contribution in [0.2, 0.25) is 19.6 Å². The molecule has 1 radical (unpaired) electrons. The smallest absolute Gasteiger partial charge is 0.120 e. The van der Waals surface area contributed by atoms with E-state index in [1.165, 1.54) is 16.8 Å². The van der Waals surface area contributed by atoms with Crippen molar-refractivity contribution in [3.8, 4) is 22.5 Å². The van der Waals surface area contributed by atoms with E-state index in [1.54, 1.807) is 24.4 Å².